The molecule has 7 heteroatoms. The molecule has 1 fully saturated rings. The van der Waals surface area contributed by atoms with Crippen LogP contribution in [0.4, 0.5) is 10.5 Å². The fourth-order valence-electron chi connectivity index (χ4n) is 1.71. The molecule has 1 aliphatic rings. The SMILES string of the molecule is O=C1CCC(NC(=O)Nc2ccccc2Cl)C(=O)N1. The normalized spacial score (nSPS) is 18.7. The maximum atomic E-state index is 11.7. The molecule has 0 bridgehead atoms. The van der Waals surface area contributed by atoms with E-state index in [0.29, 0.717) is 17.1 Å². The second kappa shape index (κ2) is 5.71. The number of piperidine rings is 1. The number of carbonyl (C=O) groups is 3. The summed E-state index contributed by atoms with van der Waals surface area (Å²) in [7, 11) is 0. The number of imide groups is 1. The molecule has 0 aliphatic carbocycles. The Morgan fingerprint density at radius 1 is 1.32 bits per heavy atom. The minimum Gasteiger partial charge on any atom is -0.326 e. The summed E-state index contributed by atoms with van der Waals surface area (Å²) in [6.07, 6.45) is 0.503. The van der Waals surface area contributed by atoms with Crippen LogP contribution in [0.1, 0.15) is 12.8 Å². The van der Waals surface area contributed by atoms with Gasteiger partial charge in [0, 0.05) is 6.42 Å². The van der Waals surface area contributed by atoms with Gasteiger partial charge < -0.3 is 10.6 Å². The average molecular weight is 282 g/mol. The van der Waals surface area contributed by atoms with Gasteiger partial charge in [-0.05, 0) is 18.6 Å². The molecule has 3 N–H and O–H groups in total. The van der Waals surface area contributed by atoms with Crippen LogP contribution in [-0.4, -0.2) is 23.9 Å². The Morgan fingerprint density at radius 3 is 2.74 bits per heavy atom. The fraction of sp³-hybridized carbons (Fsp3) is 0.250. The lowest BCUT2D eigenvalue weighted by molar-refractivity contribution is -0.134. The van der Waals surface area contributed by atoms with Gasteiger partial charge in [-0.3, -0.25) is 14.9 Å². The van der Waals surface area contributed by atoms with E-state index in [4.69, 9.17) is 11.6 Å². The summed E-state index contributed by atoms with van der Waals surface area (Å²) in [6.45, 7) is 0. The Labute approximate surface area is 114 Å². The topological polar surface area (TPSA) is 87.3 Å². The monoisotopic (exact) mass is 281 g/mol. The summed E-state index contributed by atoms with van der Waals surface area (Å²) in [5.41, 5.74) is 0.453. The van der Waals surface area contributed by atoms with E-state index in [-0.39, 0.29) is 12.3 Å². The summed E-state index contributed by atoms with van der Waals surface area (Å²) < 4.78 is 0. The molecule has 1 aromatic carbocycles. The fourth-order valence-corrected chi connectivity index (χ4v) is 1.89. The molecule has 1 aromatic rings. The number of urea groups is 1. The van der Waals surface area contributed by atoms with E-state index < -0.39 is 18.0 Å². The molecule has 0 saturated carbocycles. The van der Waals surface area contributed by atoms with E-state index in [2.05, 4.69) is 16.0 Å². The highest BCUT2D eigenvalue weighted by molar-refractivity contribution is 6.33. The zero-order chi connectivity index (χ0) is 13.8. The third kappa shape index (κ3) is 3.45. The first-order chi connectivity index (χ1) is 9.06. The Kier molecular flexibility index (Phi) is 4.01. The second-order valence-electron chi connectivity index (χ2n) is 4.08. The van der Waals surface area contributed by atoms with Crippen LogP contribution >= 0.6 is 11.6 Å². The van der Waals surface area contributed by atoms with Crippen molar-refractivity contribution in [3.8, 4) is 0 Å². The first kappa shape index (κ1) is 13.4. The highest BCUT2D eigenvalue weighted by Crippen LogP contribution is 2.20. The predicted octanol–water partition coefficient (Wildman–Crippen LogP) is 1.27. The molecule has 19 heavy (non-hydrogen) atoms. The van der Waals surface area contributed by atoms with Crippen LogP contribution in [-0.2, 0) is 9.59 Å². The van der Waals surface area contributed by atoms with E-state index >= 15 is 0 Å². The third-order valence-corrected chi connectivity index (χ3v) is 3.00. The number of benzene rings is 1. The van der Waals surface area contributed by atoms with Gasteiger partial charge in [0.05, 0.1) is 10.7 Å². The van der Waals surface area contributed by atoms with Crippen molar-refractivity contribution in [1.29, 1.82) is 0 Å². The van der Waals surface area contributed by atoms with Gasteiger partial charge in [-0.2, -0.15) is 0 Å². The van der Waals surface area contributed by atoms with E-state index in [1.54, 1.807) is 24.3 Å². The van der Waals surface area contributed by atoms with Crippen molar-refractivity contribution in [3.05, 3.63) is 29.3 Å². The molecular formula is C12H12ClN3O3. The lowest BCUT2D eigenvalue weighted by Gasteiger charge is -2.22. The Hall–Kier alpha value is -2.08. The Balaban J connectivity index is 1.93. The summed E-state index contributed by atoms with van der Waals surface area (Å²) in [5, 5.41) is 7.60. The van der Waals surface area contributed by atoms with Crippen LogP contribution in [0.5, 0.6) is 0 Å². The van der Waals surface area contributed by atoms with Crippen LogP contribution in [0.2, 0.25) is 5.02 Å². The molecule has 1 unspecified atom stereocenters. The van der Waals surface area contributed by atoms with Gasteiger partial charge in [-0.15, -0.1) is 0 Å². The number of halogens is 1. The highest BCUT2D eigenvalue weighted by atomic mass is 35.5. The van der Waals surface area contributed by atoms with E-state index in [1.807, 2.05) is 0 Å². The first-order valence-electron chi connectivity index (χ1n) is 5.72. The maximum absolute atomic E-state index is 11.7. The zero-order valence-corrected chi connectivity index (χ0v) is 10.7. The molecule has 0 aromatic heterocycles. The van der Waals surface area contributed by atoms with Gasteiger partial charge in [0.25, 0.3) is 0 Å². The van der Waals surface area contributed by atoms with Crippen LogP contribution in [0.25, 0.3) is 0 Å². The standard InChI is InChI=1S/C12H12ClN3O3/c13-7-3-1-2-4-8(7)14-12(19)15-9-5-6-10(17)16-11(9)18/h1-4,9H,5-6H2,(H2,14,15,19)(H,16,17,18). The largest absolute Gasteiger partial charge is 0.326 e. The molecule has 100 valence electrons. The predicted molar refractivity (Wildman–Crippen MR) is 69.8 cm³/mol. The first-order valence-corrected chi connectivity index (χ1v) is 6.10. The van der Waals surface area contributed by atoms with Gasteiger partial charge >= 0.3 is 6.03 Å². The van der Waals surface area contributed by atoms with Gasteiger partial charge in [-0.25, -0.2) is 4.79 Å². The maximum Gasteiger partial charge on any atom is 0.319 e. The van der Waals surface area contributed by atoms with Crippen LogP contribution < -0.4 is 16.0 Å². The van der Waals surface area contributed by atoms with Crippen molar-refractivity contribution in [2.75, 3.05) is 5.32 Å². The number of carbonyl (C=O) groups excluding carboxylic acids is 3. The van der Waals surface area contributed by atoms with E-state index in [1.165, 1.54) is 0 Å². The minimum absolute atomic E-state index is 0.211. The van der Waals surface area contributed by atoms with Crippen LogP contribution in [0.3, 0.4) is 0 Å². The summed E-state index contributed by atoms with van der Waals surface area (Å²) in [5.74, 6) is -0.819. The van der Waals surface area contributed by atoms with Gasteiger partial charge in [-0.1, -0.05) is 23.7 Å². The molecule has 0 radical (unpaired) electrons. The van der Waals surface area contributed by atoms with Crippen molar-refractivity contribution in [2.24, 2.45) is 0 Å². The van der Waals surface area contributed by atoms with E-state index in [9.17, 15) is 14.4 Å². The lowest BCUT2D eigenvalue weighted by atomic mass is 10.1. The lowest BCUT2D eigenvalue weighted by Crippen LogP contribution is -2.53. The molecule has 1 atom stereocenters. The number of amides is 4. The number of para-hydroxylation sites is 1. The molecule has 6 nitrogen and oxygen atoms in total. The number of hydrogen-bond acceptors (Lipinski definition) is 3. The smallest absolute Gasteiger partial charge is 0.319 e. The van der Waals surface area contributed by atoms with Crippen molar-refractivity contribution in [1.82, 2.24) is 10.6 Å². The summed E-state index contributed by atoms with van der Waals surface area (Å²) in [6, 6.07) is 5.51. The minimum atomic E-state index is -0.708. The Morgan fingerprint density at radius 2 is 2.05 bits per heavy atom. The molecule has 4 amide bonds. The molecular weight excluding hydrogens is 270 g/mol. The molecule has 1 aliphatic heterocycles. The highest BCUT2D eigenvalue weighted by Gasteiger charge is 2.27. The van der Waals surface area contributed by atoms with Crippen LogP contribution in [0, 0.1) is 0 Å². The molecule has 1 saturated heterocycles. The van der Waals surface area contributed by atoms with Crippen molar-refractivity contribution in [3.63, 3.8) is 0 Å². The second-order valence-corrected chi connectivity index (χ2v) is 4.49. The number of hydrogen-bond donors (Lipinski definition) is 3. The molecule has 1 heterocycles. The number of anilines is 1. The summed E-state index contributed by atoms with van der Waals surface area (Å²) >= 11 is 5.89. The summed E-state index contributed by atoms with van der Waals surface area (Å²) in [4.78, 5) is 34.1. The van der Waals surface area contributed by atoms with E-state index in [0.717, 1.165) is 0 Å². The molecule has 2 rings (SSSR count). The molecule has 0 spiro atoms. The third-order valence-electron chi connectivity index (χ3n) is 2.67. The van der Waals surface area contributed by atoms with Gasteiger partial charge in [0.1, 0.15) is 6.04 Å². The zero-order valence-electron chi connectivity index (χ0n) is 9.90. The van der Waals surface area contributed by atoms with Crippen molar-refractivity contribution < 1.29 is 14.4 Å². The van der Waals surface area contributed by atoms with Crippen molar-refractivity contribution >= 4 is 35.1 Å². The van der Waals surface area contributed by atoms with Crippen molar-refractivity contribution in [2.45, 2.75) is 18.9 Å². The number of nitrogens with one attached hydrogen (secondary N) is 3. The van der Waals surface area contributed by atoms with Crippen LogP contribution in [0.15, 0.2) is 24.3 Å². The number of rotatable bonds is 2. The van der Waals surface area contributed by atoms with Gasteiger partial charge in [0.2, 0.25) is 11.8 Å². The van der Waals surface area contributed by atoms with Gasteiger partial charge in [0.15, 0.2) is 0 Å². The Bertz CT molecular complexity index is 533. The average Bonchev–Trinajstić information content (AvgIpc) is 2.36. The quantitative estimate of drug-likeness (QED) is 0.713.